The Morgan fingerprint density at radius 1 is 0.912 bits per heavy atom. The summed E-state index contributed by atoms with van der Waals surface area (Å²) in [7, 11) is 0. The largest absolute Gasteiger partial charge is 0.394 e. The summed E-state index contributed by atoms with van der Waals surface area (Å²) in [4.78, 5) is 36.4. The van der Waals surface area contributed by atoms with Gasteiger partial charge in [-0.25, -0.2) is 0 Å². The van der Waals surface area contributed by atoms with Crippen LogP contribution < -0.4 is 16.0 Å². The van der Waals surface area contributed by atoms with E-state index in [4.69, 9.17) is 9.47 Å². The second-order valence-electron chi connectivity index (χ2n) is 7.25. The maximum atomic E-state index is 13.0. The van der Waals surface area contributed by atoms with Crippen molar-refractivity contribution in [1.82, 2.24) is 5.32 Å². The number of aliphatic hydroxyl groups is 4. The third-order valence-corrected chi connectivity index (χ3v) is 7.90. The molecule has 1 aliphatic rings. The number of ether oxygens (including phenoxy) is 2. The highest BCUT2D eigenvalue weighted by atomic mass is 127. The van der Waals surface area contributed by atoms with E-state index in [1.165, 1.54) is 13.8 Å². The Hall–Kier alpha value is -0.420. The number of hydrogen-bond donors (Lipinski definition) is 7. The fourth-order valence-electron chi connectivity index (χ4n) is 3.07. The topological polar surface area (TPSA) is 187 Å². The van der Waals surface area contributed by atoms with Crippen molar-refractivity contribution in [3.63, 3.8) is 0 Å². The highest BCUT2D eigenvalue weighted by Crippen LogP contribution is 2.38. The highest BCUT2D eigenvalue weighted by Gasteiger charge is 2.43. The van der Waals surface area contributed by atoms with Crippen molar-refractivity contribution in [2.75, 3.05) is 30.4 Å². The standard InChI is InChI=1S/C19H24I3N3O9/c1-6(27)24-13-10(20)9(11(21)14(12(13)22)25-7(2)28)18(32)23-3-4-33-19-17(31)16(30)15(29)8(5-26)34-19/h8,15-17,19,26,29-31H,3-5H2,1-2H3,(H,23,32)(H,24,27)(H,25,28)/t8?,15-,16-,17?,19+/m0/s1. The van der Waals surface area contributed by atoms with Gasteiger partial charge in [-0.15, -0.1) is 0 Å². The molecule has 5 atom stereocenters. The first-order chi connectivity index (χ1) is 15.9. The molecule has 3 amide bonds. The average molecular weight is 819 g/mol. The van der Waals surface area contributed by atoms with Gasteiger partial charge in [0.05, 0.1) is 40.9 Å². The molecular formula is C19H24I3N3O9. The van der Waals surface area contributed by atoms with Crippen LogP contribution >= 0.6 is 67.8 Å². The molecule has 0 bridgehead atoms. The van der Waals surface area contributed by atoms with Crippen molar-refractivity contribution >= 4 is 96.9 Å². The van der Waals surface area contributed by atoms with Crippen molar-refractivity contribution in [2.45, 2.75) is 44.6 Å². The molecular weight excluding hydrogens is 795 g/mol. The zero-order chi connectivity index (χ0) is 25.7. The van der Waals surface area contributed by atoms with E-state index >= 15 is 0 Å². The SMILES string of the molecule is CC(=O)Nc1c(I)c(NC(C)=O)c(I)c(C(=O)NCCO[C@@H]2OC(CO)[C@H](O)[C@H](O)C2O)c1I. The minimum Gasteiger partial charge on any atom is -0.394 e. The Kier molecular flexibility index (Phi) is 11.6. The first kappa shape index (κ1) is 29.8. The smallest absolute Gasteiger partial charge is 0.253 e. The third-order valence-electron chi connectivity index (χ3n) is 4.66. The second kappa shape index (κ2) is 13.2. The predicted octanol–water partition coefficient (Wildman–Crippen LogP) is -0.0365. The summed E-state index contributed by atoms with van der Waals surface area (Å²) in [5.41, 5.74) is 1.02. The molecule has 1 aliphatic heterocycles. The maximum absolute atomic E-state index is 13.0. The summed E-state index contributed by atoms with van der Waals surface area (Å²) in [5.74, 6) is -1.18. The quantitative estimate of drug-likeness (QED) is 0.140. The van der Waals surface area contributed by atoms with Gasteiger partial charge in [-0.1, -0.05) is 0 Å². The van der Waals surface area contributed by atoms with Crippen LogP contribution in [0.25, 0.3) is 0 Å². The zero-order valence-corrected chi connectivity index (χ0v) is 24.4. The molecule has 0 spiro atoms. The first-order valence-corrected chi connectivity index (χ1v) is 13.1. The molecule has 2 unspecified atom stereocenters. The Balaban J connectivity index is 2.15. The lowest BCUT2D eigenvalue weighted by Crippen LogP contribution is -2.59. The van der Waals surface area contributed by atoms with E-state index in [0.29, 0.717) is 22.1 Å². The van der Waals surface area contributed by atoms with Crippen LogP contribution in [-0.4, -0.2) is 88.6 Å². The number of hydrogen-bond acceptors (Lipinski definition) is 9. The Morgan fingerprint density at radius 2 is 1.44 bits per heavy atom. The monoisotopic (exact) mass is 819 g/mol. The van der Waals surface area contributed by atoms with Crippen molar-refractivity contribution in [3.05, 3.63) is 16.3 Å². The first-order valence-electron chi connectivity index (χ1n) is 9.86. The number of aliphatic hydroxyl groups excluding tert-OH is 4. The van der Waals surface area contributed by atoms with Crippen LogP contribution in [0.3, 0.4) is 0 Å². The number of carbonyl (C=O) groups is 3. The molecule has 1 saturated heterocycles. The summed E-state index contributed by atoms with van der Waals surface area (Å²) >= 11 is 5.87. The van der Waals surface area contributed by atoms with Crippen molar-refractivity contribution in [1.29, 1.82) is 0 Å². The molecule has 0 aliphatic carbocycles. The van der Waals surface area contributed by atoms with Gasteiger partial charge in [-0.2, -0.15) is 0 Å². The summed E-state index contributed by atoms with van der Waals surface area (Å²) < 4.78 is 12.1. The molecule has 0 aromatic heterocycles. The number of carbonyl (C=O) groups excluding carboxylic acids is 3. The molecule has 1 heterocycles. The molecule has 15 heteroatoms. The summed E-state index contributed by atoms with van der Waals surface area (Å²) in [5, 5.41) is 46.9. The number of nitrogens with one attached hydrogen (secondary N) is 3. The summed E-state index contributed by atoms with van der Waals surface area (Å²) in [6.45, 7) is 1.94. The van der Waals surface area contributed by atoms with Crippen LogP contribution in [0, 0.1) is 10.7 Å². The molecule has 0 radical (unpaired) electrons. The average Bonchev–Trinajstić information content (AvgIpc) is 2.76. The Bertz CT molecular complexity index is 904. The molecule has 1 fully saturated rings. The van der Waals surface area contributed by atoms with E-state index < -0.39 is 43.2 Å². The minimum atomic E-state index is -1.57. The second-order valence-corrected chi connectivity index (χ2v) is 10.5. The van der Waals surface area contributed by atoms with E-state index in [1.54, 1.807) is 0 Å². The van der Waals surface area contributed by atoms with Gasteiger partial charge in [0.15, 0.2) is 6.29 Å². The fourth-order valence-corrected chi connectivity index (χ4v) is 7.26. The van der Waals surface area contributed by atoms with Crippen LogP contribution in [0.1, 0.15) is 24.2 Å². The van der Waals surface area contributed by atoms with Crippen LogP contribution in [0.2, 0.25) is 0 Å². The minimum absolute atomic E-state index is 0.0169. The van der Waals surface area contributed by atoms with Gasteiger partial charge >= 0.3 is 0 Å². The lowest BCUT2D eigenvalue weighted by molar-refractivity contribution is -0.300. The lowest BCUT2D eigenvalue weighted by Gasteiger charge is -2.39. The molecule has 0 saturated carbocycles. The highest BCUT2D eigenvalue weighted by molar-refractivity contribution is 14.1. The van der Waals surface area contributed by atoms with Gasteiger partial charge in [0.25, 0.3) is 5.91 Å². The number of anilines is 2. The van der Waals surface area contributed by atoms with Gasteiger partial charge < -0.3 is 45.9 Å². The summed E-state index contributed by atoms with van der Waals surface area (Å²) in [6.07, 6.45) is -7.04. The van der Waals surface area contributed by atoms with Crippen molar-refractivity contribution in [3.8, 4) is 0 Å². The normalized spacial score (nSPS) is 24.4. The van der Waals surface area contributed by atoms with Gasteiger partial charge in [0.1, 0.15) is 24.4 Å². The lowest BCUT2D eigenvalue weighted by atomic mass is 9.99. The molecule has 2 rings (SSSR count). The van der Waals surface area contributed by atoms with Crippen LogP contribution in [-0.2, 0) is 19.1 Å². The van der Waals surface area contributed by atoms with Crippen LogP contribution in [0.5, 0.6) is 0 Å². The zero-order valence-electron chi connectivity index (χ0n) is 18.0. The number of rotatable bonds is 8. The van der Waals surface area contributed by atoms with Gasteiger partial charge in [-0.3, -0.25) is 14.4 Å². The fraction of sp³-hybridized carbons (Fsp3) is 0.526. The van der Waals surface area contributed by atoms with Crippen LogP contribution in [0.4, 0.5) is 11.4 Å². The molecule has 7 N–H and O–H groups in total. The molecule has 12 nitrogen and oxygen atoms in total. The van der Waals surface area contributed by atoms with Gasteiger partial charge in [0.2, 0.25) is 11.8 Å². The molecule has 190 valence electrons. The number of amides is 3. The van der Waals surface area contributed by atoms with E-state index in [2.05, 4.69) is 16.0 Å². The molecule has 34 heavy (non-hydrogen) atoms. The summed E-state index contributed by atoms with van der Waals surface area (Å²) in [6, 6.07) is 0. The van der Waals surface area contributed by atoms with E-state index in [-0.39, 0.29) is 30.5 Å². The Morgan fingerprint density at radius 3 is 1.91 bits per heavy atom. The molecule has 1 aromatic carbocycles. The van der Waals surface area contributed by atoms with E-state index in [0.717, 1.165) is 0 Å². The predicted molar refractivity (Wildman–Crippen MR) is 145 cm³/mol. The van der Waals surface area contributed by atoms with E-state index in [9.17, 15) is 34.8 Å². The Labute approximate surface area is 235 Å². The maximum Gasteiger partial charge on any atom is 0.253 e. The van der Waals surface area contributed by atoms with Crippen molar-refractivity contribution in [2.24, 2.45) is 0 Å². The van der Waals surface area contributed by atoms with Gasteiger partial charge in [0, 0.05) is 20.4 Å². The van der Waals surface area contributed by atoms with Gasteiger partial charge in [-0.05, 0) is 67.8 Å². The van der Waals surface area contributed by atoms with Crippen molar-refractivity contribution < 1.29 is 44.3 Å². The number of benzene rings is 1. The van der Waals surface area contributed by atoms with E-state index in [1.807, 2.05) is 67.8 Å². The third kappa shape index (κ3) is 7.08. The van der Waals surface area contributed by atoms with Crippen LogP contribution in [0.15, 0.2) is 0 Å². The molecule has 1 aromatic rings. The number of halogens is 3.